The summed E-state index contributed by atoms with van der Waals surface area (Å²) in [5, 5.41) is 7.44. The van der Waals surface area contributed by atoms with Gasteiger partial charge in [0, 0.05) is 37.0 Å². The zero-order chi connectivity index (χ0) is 17.0. The van der Waals surface area contributed by atoms with Gasteiger partial charge in [-0.1, -0.05) is 23.7 Å². The zero-order valence-corrected chi connectivity index (χ0v) is 18.5. The van der Waals surface area contributed by atoms with Gasteiger partial charge in [-0.15, -0.1) is 35.3 Å². The zero-order valence-electron chi connectivity index (χ0n) is 14.6. The summed E-state index contributed by atoms with van der Waals surface area (Å²) in [7, 11) is 3.81. The molecule has 2 heterocycles. The molecule has 0 aromatic carbocycles. The van der Waals surface area contributed by atoms with Crippen LogP contribution in [0.3, 0.4) is 0 Å². The maximum Gasteiger partial charge on any atom is 0.193 e. The molecule has 2 rings (SSSR count). The van der Waals surface area contributed by atoms with Gasteiger partial charge in [0.2, 0.25) is 0 Å². The topological polar surface area (TPSA) is 53.7 Å². The van der Waals surface area contributed by atoms with Crippen LogP contribution in [0, 0.1) is 13.8 Å². The Balaban J connectivity index is 0.00000288. The summed E-state index contributed by atoms with van der Waals surface area (Å²) in [6.07, 6.45) is 0. The van der Waals surface area contributed by atoms with E-state index in [9.17, 15) is 0 Å². The molecular formula is C16H24ClIN4OS. The smallest absolute Gasteiger partial charge is 0.193 e. The third-order valence-corrected chi connectivity index (χ3v) is 4.96. The first-order valence-corrected chi connectivity index (χ1v) is 8.70. The van der Waals surface area contributed by atoms with Crippen LogP contribution in [0.4, 0.5) is 0 Å². The molecule has 0 saturated carbocycles. The molecule has 2 aromatic rings. The fraction of sp³-hybridized carbons (Fsp3) is 0.500. The predicted octanol–water partition coefficient (Wildman–Crippen LogP) is 4.44. The first kappa shape index (κ1) is 21.2. The normalized spacial score (nSPS) is 12.7. The van der Waals surface area contributed by atoms with Crippen molar-refractivity contribution >= 4 is 52.9 Å². The third kappa shape index (κ3) is 5.35. The third-order valence-electron chi connectivity index (χ3n) is 3.74. The Kier molecular flexibility index (Phi) is 8.52. The average molecular weight is 483 g/mol. The molecule has 5 nitrogen and oxygen atoms in total. The lowest BCUT2D eigenvalue weighted by Crippen LogP contribution is -2.40. The maximum absolute atomic E-state index is 5.99. The maximum atomic E-state index is 5.99. The summed E-state index contributed by atoms with van der Waals surface area (Å²) in [6, 6.07) is 3.97. The van der Waals surface area contributed by atoms with Crippen LogP contribution in [0.15, 0.2) is 21.6 Å². The van der Waals surface area contributed by atoms with Crippen molar-refractivity contribution in [1.82, 2.24) is 15.4 Å². The molecule has 0 radical (unpaired) electrons. The Morgan fingerprint density at radius 1 is 1.46 bits per heavy atom. The van der Waals surface area contributed by atoms with Crippen LogP contribution in [-0.4, -0.2) is 36.7 Å². The highest BCUT2D eigenvalue weighted by Crippen LogP contribution is 2.23. The van der Waals surface area contributed by atoms with E-state index >= 15 is 0 Å². The van der Waals surface area contributed by atoms with Crippen LogP contribution < -0.4 is 5.32 Å². The summed E-state index contributed by atoms with van der Waals surface area (Å²) >= 11 is 7.58. The molecule has 0 saturated heterocycles. The molecule has 0 aliphatic carbocycles. The Labute approximate surface area is 169 Å². The van der Waals surface area contributed by atoms with Gasteiger partial charge < -0.3 is 14.7 Å². The molecule has 0 amide bonds. The molecule has 0 spiro atoms. The van der Waals surface area contributed by atoms with Crippen molar-refractivity contribution in [2.75, 3.05) is 20.6 Å². The number of aliphatic imine (C=N–C) groups is 1. The summed E-state index contributed by atoms with van der Waals surface area (Å²) in [5.41, 5.74) is 2.12. The van der Waals surface area contributed by atoms with Crippen LogP contribution in [0.25, 0.3) is 0 Å². The second-order valence-corrected chi connectivity index (χ2v) is 7.43. The van der Waals surface area contributed by atoms with Gasteiger partial charge in [-0.2, -0.15) is 0 Å². The number of halogens is 2. The van der Waals surface area contributed by atoms with Crippen LogP contribution in [0.5, 0.6) is 0 Å². The van der Waals surface area contributed by atoms with E-state index in [0.717, 1.165) is 34.8 Å². The van der Waals surface area contributed by atoms with E-state index in [-0.39, 0.29) is 24.0 Å². The monoisotopic (exact) mass is 482 g/mol. The van der Waals surface area contributed by atoms with Crippen molar-refractivity contribution in [3.63, 3.8) is 0 Å². The highest BCUT2D eigenvalue weighted by molar-refractivity contribution is 14.0. The average Bonchev–Trinajstić information content (AvgIpc) is 3.05. The number of thiophene rings is 1. The van der Waals surface area contributed by atoms with E-state index in [0.29, 0.717) is 5.92 Å². The fourth-order valence-electron chi connectivity index (χ4n) is 2.67. The minimum atomic E-state index is 0. The molecule has 8 heteroatoms. The first-order valence-electron chi connectivity index (χ1n) is 7.51. The lowest BCUT2D eigenvalue weighted by Gasteiger charge is -2.23. The lowest BCUT2D eigenvalue weighted by molar-refractivity contribution is 0.391. The van der Waals surface area contributed by atoms with Gasteiger partial charge >= 0.3 is 0 Å². The lowest BCUT2D eigenvalue weighted by atomic mass is 10.00. The van der Waals surface area contributed by atoms with E-state index in [1.807, 2.05) is 33.0 Å². The van der Waals surface area contributed by atoms with Crippen LogP contribution in [0.2, 0.25) is 4.34 Å². The highest BCUT2D eigenvalue weighted by atomic mass is 127. The predicted molar refractivity (Wildman–Crippen MR) is 112 cm³/mol. The molecule has 24 heavy (non-hydrogen) atoms. The number of nitrogens with zero attached hydrogens (tertiary/aromatic N) is 3. The standard InChI is InChI=1S/C16H23ClN4OS.HI/c1-10(15-11(2)20-22-12(15)3)8-19-16(18-4)21(5)9-13-6-7-14(17)23-13;/h6-7,10H,8-9H2,1-5H3,(H,18,19);1H. The van der Waals surface area contributed by atoms with E-state index in [1.54, 1.807) is 18.4 Å². The minimum Gasteiger partial charge on any atom is -0.361 e. The van der Waals surface area contributed by atoms with Crippen LogP contribution in [-0.2, 0) is 6.54 Å². The molecule has 0 aliphatic rings. The number of guanidine groups is 1. The van der Waals surface area contributed by atoms with E-state index in [1.165, 1.54) is 10.4 Å². The van der Waals surface area contributed by atoms with Gasteiger partial charge in [-0.3, -0.25) is 4.99 Å². The van der Waals surface area contributed by atoms with Crippen molar-refractivity contribution in [1.29, 1.82) is 0 Å². The van der Waals surface area contributed by atoms with Crippen LogP contribution in [0.1, 0.15) is 34.7 Å². The second-order valence-electron chi connectivity index (χ2n) is 5.63. The minimum absolute atomic E-state index is 0. The van der Waals surface area contributed by atoms with Crippen molar-refractivity contribution < 1.29 is 4.52 Å². The van der Waals surface area contributed by atoms with Gasteiger partial charge in [0.25, 0.3) is 0 Å². The molecule has 0 bridgehead atoms. The quantitative estimate of drug-likeness (QED) is 0.389. The molecule has 0 fully saturated rings. The highest BCUT2D eigenvalue weighted by Gasteiger charge is 2.17. The number of aryl methyl sites for hydroxylation is 2. The number of hydrogen-bond donors (Lipinski definition) is 1. The van der Waals surface area contributed by atoms with Crippen molar-refractivity contribution in [2.24, 2.45) is 4.99 Å². The largest absolute Gasteiger partial charge is 0.361 e. The van der Waals surface area contributed by atoms with Crippen molar-refractivity contribution in [2.45, 2.75) is 33.2 Å². The van der Waals surface area contributed by atoms with Gasteiger partial charge in [-0.05, 0) is 26.0 Å². The molecule has 1 unspecified atom stereocenters. The summed E-state index contributed by atoms with van der Waals surface area (Å²) < 4.78 is 6.06. The van der Waals surface area contributed by atoms with Gasteiger partial charge in [0.05, 0.1) is 16.6 Å². The molecule has 134 valence electrons. The molecule has 2 aromatic heterocycles. The summed E-state index contributed by atoms with van der Waals surface area (Å²) in [5.74, 6) is 2.03. The van der Waals surface area contributed by atoms with E-state index in [2.05, 4.69) is 27.3 Å². The first-order chi connectivity index (χ1) is 10.9. The number of rotatable bonds is 5. The molecule has 0 aliphatic heterocycles. The number of nitrogens with one attached hydrogen (secondary N) is 1. The van der Waals surface area contributed by atoms with Gasteiger partial charge in [0.15, 0.2) is 5.96 Å². The number of hydrogen-bond acceptors (Lipinski definition) is 4. The number of aromatic nitrogens is 1. The summed E-state index contributed by atoms with van der Waals surface area (Å²) in [6.45, 7) is 7.63. The van der Waals surface area contributed by atoms with Crippen LogP contribution >= 0.6 is 46.9 Å². The second kappa shape index (κ2) is 9.62. The Hall–Kier alpha value is -0.800. The molecule has 1 atom stereocenters. The Morgan fingerprint density at radius 3 is 2.67 bits per heavy atom. The van der Waals surface area contributed by atoms with Crippen molar-refractivity contribution in [3.8, 4) is 0 Å². The van der Waals surface area contributed by atoms with Gasteiger partial charge in [0.1, 0.15) is 5.76 Å². The van der Waals surface area contributed by atoms with Crippen molar-refractivity contribution in [3.05, 3.63) is 38.4 Å². The SMILES string of the molecule is CN=C(NCC(C)c1c(C)noc1C)N(C)Cc1ccc(Cl)s1.I. The Morgan fingerprint density at radius 2 is 2.17 bits per heavy atom. The van der Waals surface area contributed by atoms with E-state index < -0.39 is 0 Å². The molecular weight excluding hydrogens is 459 g/mol. The van der Waals surface area contributed by atoms with Gasteiger partial charge in [-0.25, -0.2) is 0 Å². The van der Waals surface area contributed by atoms with E-state index in [4.69, 9.17) is 16.1 Å². The Bertz CT molecular complexity index is 666. The molecule has 1 N–H and O–H groups in total. The fourth-order valence-corrected chi connectivity index (χ4v) is 3.81. The summed E-state index contributed by atoms with van der Waals surface area (Å²) in [4.78, 5) is 7.65.